The molecule has 2 aliphatic carbocycles. The van der Waals surface area contributed by atoms with E-state index in [0.29, 0.717) is 0 Å². The van der Waals surface area contributed by atoms with Gasteiger partial charge in [0.05, 0.1) is 0 Å². The summed E-state index contributed by atoms with van der Waals surface area (Å²) in [5.41, 5.74) is 0. The van der Waals surface area contributed by atoms with Gasteiger partial charge >= 0.3 is 0 Å². The summed E-state index contributed by atoms with van der Waals surface area (Å²) in [5, 5.41) is 0. The minimum Gasteiger partial charge on any atom is -0.300 e. The summed E-state index contributed by atoms with van der Waals surface area (Å²) < 4.78 is 0. The quantitative estimate of drug-likeness (QED) is 0.754. The van der Waals surface area contributed by atoms with Gasteiger partial charge in [-0.05, 0) is 83.0 Å². The summed E-state index contributed by atoms with van der Waals surface area (Å²) in [4.78, 5) is 5.69. The summed E-state index contributed by atoms with van der Waals surface area (Å²) >= 11 is 0. The number of hydrogen-bond acceptors (Lipinski definition) is 2. The van der Waals surface area contributed by atoms with E-state index in [9.17, 15) is 0 Å². The highest BCUT2D eigenvalue weighted by Gasteiger charge is 2.43. The van der Waals surface area contributed by atoms with Gasteiger partial charge in [-0.1, -0.05) is 12.8 Å². The highest BCUT2D eigenvalue weighted by molar-refractivity contribution is 4.97. The van der Waals surface area contributed by atoms with Crippen LogP contribution in [0.2, 0.25) is 0 Å². The number of piperidine rings is 2. The average Bonchev–Trinajstić information content (AvgIpc) is 3.11. The van der Waals surface area contributed by atoms with Crippen molar-refractivity contribution in [1.29, 1.82) is 0 Å². The van der Waals surface area contributed by atoms with Gasteiger partial charge in [-0.25, -0.2) is 0 Å². The van der Waals surface area contributed by atoms with Gasteiger partial charge < -0.3 is 4.90 Å². The fourth-order valence-corrected chi connectivity index (χ4v) is 5.52. The maximum atomic E-state index is 2.88. The van der Waals surface area contributed by atoms with Crippen LogP contribution in [0.15, 0.2) is 0 Å². The molecule has 2 bridgehead atoms. The molecule has 0 unspecified atom stereocenters. The van der Waals surface area contributed by atoms with Crippen molar-refractivity contribution in [3.05, 3.63) is 0 Å². The lowest BCUT2D eigenvalue weighted by Crippen LogP contribution is -2.50. The lowest BCUT2D eigenvalue weighted by atomic mass is 9.91. The molecular formula is C17H30N2. The Bertz CT molecular complexity index is 302. The van der Waals surface area contributed by atoms with Gasteiger partial charge in [0.1, 0.15) is 0 Å². The van der Waals surface area contributed by atoms with Crippen LogP contribution < -0.4 is 0 Å². The van der Waals surface area contributed by atoms with Crippen molar-refractivity contribution in [3.63, 3.8) is 0 Å². The van der Waals surface area contributed by atoms with Crippen molar-refractivity contribution in [2.75, 3.05) is 26.2 Å². The molecule has 2 saturated carbocycles. The van der Waals surface area contributed by atoms with Crippen molar-refractivity contribution < 1.29 is 0 Å². The molecule has 2 nitrogen and oxygen atoms in total. The maximum Gasteiger partial charge on any atom is 0.0126 e. The molecule has 2 aliphatic heterocycles. The summed E-state index contributed by atoms with van der Waals surface area (Å²) in [7, 11) is 0. The molecule has 0 aromatic rings. The molecule has 0 aromatic heterocycles. The van der Waals surface area contributed by atoms with Crippen LogP contribution in [0.5, 0.6) is 0 Å². The monoisotopic (exact) mass is 262 g/mol. The molecule has 2 heteroatoms. The fraction of sp³-hybridized carbons (Fsp3) is 1.00. The van der Waals surface area contributed by atoms with E-state index in [-0.39, 0.29) is 0 Å². The van der Waals surface area contributed by atoms with E-state index >= 15 is 0 Å². The number of rotatable bonds is 2. The Hall–Kier alpha value is -0.0800. The Morgan fingerprint density at radius 3 is 2.05 bits per heavy atom. The van der Waals surface area contributed by atoms with Gasteiger partial charge in [0.15, 0.2) is 0 Å². The molecule has 4 rings (SSSR count). The predicted molar refractivity (Wildman–Crippen MR) is 79.3 cm³/mol. The zero-order chi connectivity index (χ0) is 12.7. The molecular weight excluding hydrogens is 232 g/mol. The Balaban J connectivity index is 1.30. The van der Waals surface area contributed by atoms with Crippen LogP contribution in [-0.4, -0.2) is 48.1 Å². The van der Waals surface area contributed by atoms with Gasteiger partial charge in [0.25, 0.3) is 0 Å². The first-order valence-corrected chi connectivity index (χ1v) is 8.88. The van der Waals surface area contributed by atoms with E-state index in [1.807, 2.05) is 0 Å². The van der Waals surface area contributed by atoms with E-state index in [0.717, 1.165) is 23.9 Å². The van der Waals surface area contributed by atoms with Crippen LogP contribution in [0.1, 0.15) is 57.8 Å². The lowest BCUT2D eigenvalue weighted by Gasteiger charge is -2.43. The predicted octanol–water partition coefficient (Wildman–Crippen LogP) is 3.13. The first kappa shape index (κ1) is 12.6. The molecule has 2 heterocycles. The molecule has 2 saturated heterocycles. The molecule has 4 aliphatic rings. The van der Waals surface area contributed by atoms with Crippen LogP contribution in [0, 0.1) is 11.8 Å². The van der Waals surface area contributed by atoms with Crippen molar-refractivity contribution in [2.24, 2.45) is 11.8 Å². The Kier molecular flexibility index (Phi) is 3.57. The van der Waals surface area contributed by atoms with Crippen LogP contribution in [0.25, 0.3) is 0 Å². The third kappa shape index (κ3) is 2.47. The SMILES string of the molecule is C1CCN(C2CCN([C@H]3C[C@@H]4CC[C@H]3C4)CC2)CC1. The molecule has 108 valence electrons. The molecule has 0 N–H and O–H groups in total. The second-order valence-electron chi connectivity index (χ2n) is 7.61. The zero-order valence-corrected chi connectivity index (χ0v) is 12.4. The van der Waals surface area contributed by atoms with Crippen LogP contribution in [0.4, 0.5) is 0 Å². The topological polar surface area (TPSA) is 6.48 Å². The third-order valence-electron chi connectivity index (χ3n) is 6.58. The lowest BCUT2D eigenvalue weighted by molar-refractivity contribution is 0.0562. The van der Waals surface area contributed by atoms with Gasteiger partial charge in [-0.2, -0.15) is 0 Å². The number of nitrogens with zero attached hydrogens (tertiary/aromatic N) is 2. The molecule has 4 fully saturated rings. The first-order chi connectivity index (χ1) is 9.40. The third-order valence-corrected chi connectivity index (χ3v) is 6.58. The molecule has 0 aromatic carbocycles. The molecule has 0 radical (unpaired) electrons. The van der Waals surface area contributed by atoms with Crippen molar-refractivity contribution in [3.8, 4) is 0 Å². The standard InChI is InChI=1S/C17H30N2/c1-2-8-18(9-3-1)16-6-10-19(11-7-16)17-13-14-4-5-15(17)12-14/h14-17H,1-13H2/t14-,15+,17+/m1/s1. The number of fused-ring (bicyclic) bond motifs is 2. The van der Waals surface area contributed by atoms with E-state index in [1.165, 1.54) is 58.3 Å². The first-order valence-electron chi connectivity index (χ1n) is 8.88. The van der Waals surface area contributed by atoms with E-state index in [4.69, 9.17) is 0 Å². The summed E-state index contributed by atoms with van der Waals surface area (Å²) in [6, 6.07) is 1.91. The van der Waals surface area contributed by atoms with Crippen molar-refractivity contribution in [2.45, 2.75) is 69.9 Å². The van der Waals surface area contributed by atoms with Crippen LogP contribution in [0.3, 0.4) is 0 Å². The molecule has 0 spiro atoms. The number of likely N-dealkylation sites (tertiary alicyclic amines) is 2. The van der Waals surface area contributed by atoms with Crippen molar-refractivity contribution in [1.82, 2.24) is 9.80 Å². The van der Waals surface area contributed by atoms with E-state index < -0.39 is 0 Å². The molecule has 3 atom stereocenters. The van der Waals surface area contributed by atoms with Crippen LogP contribution >= 0.6 is 0 Å². The second-order valence-corrected chi connectivity index (χ2v) is 7.61. The van der Waals surface area contributed by atoms with Gasteiger partial charge in [-0.3, -0.25) is 4.90 Å². The van der Waals surface area contributed by atoms with E-state index in [2.05, 4.69) is 9.80 Å². The van der Waals surface area contributed by atoms with E-state index in [1.54, 1.807) is 25.7 Å². The summed E-state index contributed by atoms with van der Waals surface area (Å²) in [6.45, 7) is 5.57. The normalized spacial score (nSPS) is 42.0. The average molecular weight is 262 g/mol. The van der Waals surface area contributed by atoms with Crippen LogP contribution in [-0.2, 0) is 0 Å². The minimum atomic E-state index is 0.926. The largest absolute Gasteiger partial charge is 0.300 e. The van der Waals surface area contributed by atoms with Gasteiger partial charge in [0, 0.05) is 12.1 Å². The Morgan fingerprint density at radius 2 is 1.42 bits per heavy atom. The molecule has 0 amide bonds. The zero-order valence-electron chi connectivity index (χ0n) is 12.4. The minimum absolute atomic E-state index is 0.926. The van der Waals surface area contributed by atoms with Gasteiger partial charge in [0.2, 0.25) is 0 Å². The van der Waals surface area contributed by atoms with Crippen molar-refractivity contribution >= 4 is 0 Å². The molecule has 19 heavy (non-hydrogen) atoms. The van der Waals surface area contributed by atoms with Gasteiger partial charge in [-0.15, -0.1) is 0 Å². The summed E-state index contributed by atoms with van der Waals surface area (Å²) in [5.74, 6) is 2.19. The Morgan fingerprint density at radius 1 is 0.632 bits per heavy atom. The summed E-state index contributed by atoms with van der Waals surface area (Å²) in [6.07, 6.45) is 13.5. The number of hydrogen-bond donors (Lipinski definition) is 0. The Labute approximate surface area is 118 Å². The maximum absolute atomic E-state index is 2.88. The highest BCUT2D eigenvalue weighted by atomic mass is 15.2. The second kappa shape index (κ2) is 5.37. The smallest absolute Gasteiger partial charge is 0.0126 e. The highest BCUT2D eigenvalue weighted by Crippen LogP contribution is 2.47. The fourth-order valence-electron chi connectivity index (χ4n) is 5.52.